The maximum atomic E-state index is 10.0. The van der Waals surface area contributed by atoms with Gasteiger partial charge in [0.15, 0.2) is 17.7 Å². The van der Waals surface area contributed by atoms with Crippen LogP contribution in [0.3, 0.4) is 0 Å². The van der Waals surface area contributed by atoms with Crippen molar-refractivity contribution in [2.24, 2.45) is 0 Å². The molecule has 1 aromatic carbocycles. The summed E-state index contributed by atoms with van der Waals surface area (Å²) in [6, 6.07) is 9.78. The lowest BCUT2D eigenvalue weighted by atomic mass is 9.92. The van der Waals surface area contributed by atoms with E-state index in [0.717, 1.165) is 5.56 Å². The zero-order valence-electron chi connectivity index (χ0n) is 12.9. The minimum Gasteiger partial charge on any atom is -0.393 e. The summed E-state index contributed by atoms with van der Waals surface area (Å²) in [4.78, 5) is 0. The highest BCUT2D eigenvalue weighted by Crippen LogP contribution is 2.45. The lowest BCUT2D eigenvalue weighted by Gasteiger charge is -2.35. The van der Waals surface area contributed by atoms with Gasteiger partial charge < -0.3 is 24.1 Å². The van der Waals surface area contributed by atoms with Gasteiger partial charge in [-0.2, -0.15) is 0 Å². The van der Waals surface area contributed by atoms with Crippen molar-refractivity contribution < 1.29 is 24.1 Å². The first-order valence-corrected chi connectivity index (χ1v) is 7.43. The molecule has 2 aliphatic rings. The predicted octanol–water partition coefficient (Wildman–Crippen LogP) is 2.00. The van der Waals surface area contributed by atoms with Crippen molar-refractivity contribution in [2.45, 2.75) is 50.3 Å². The Morgan fingerprint density at radius 2 is 2.00 bits per heavy atom. The topological polar surface area (TPSA) is 57.2 Å². The van der Waals surface area contributed by atoms with Gasteiger partial charge in [-0.25, -0.2) is 0 Å². The van der Waals surface area contributed by atoms with E-state index in [-0.39, 0.29) is 6.61 Å². The third-order valence-corrected chi connectivity index (χ3v) is 4.11. The third-order valence-electron chi connectivity index (χ3n) is 4.11. The summed E-state index contributed by atoms with van der Waals surface area (Å²) in [5.74, 6) is -0.766. The highest BCUT2D eigenvalue weighted by Gasteiger charge is 2.63. The summed E-state index contributed by atoms with van der Waals surface area (Å²) in [6.45, 7) is 7.52. The number of aliphatic hydroxyl groups excluding tert-OH is 1. The smallest absolute Gasteiger partial charge is 0.191 e. The van der Waals surface area contributed by atoms with Crippen molar-refractivity contribution in [1.82, 2.24) is 0 Å². The molecule has 0 aromatic heterocycles. The minimum absolute atomic E-state index is 0.239. The number of rotatable bonds is 5. The summed E-state index contributed by atoms with van der Waals surface area (Å²) < 4.78 is 23.6. The van der Waals surface area contributed by atoms with Gasteiger partial charge in [-0.15, -0.1) is 6.58 Å². The standard InChI is InChI=1S/C17H22O5/c1-4-13-17(11-18,19-10-12-8-6-5-7-9-12)14-15(20-13)22-16(2,3)21-14/h4-9,13-15,18H,1,10-11H2,2-3H3/t13-,14+,15?,17-/m1/s1. The first kappa shape index (κ1) is 15.6. The Hall–Kier alpha value is -1.24. The molecular formula is C17H22O5. The van der Waals surface area contributed by atoms with E-state index in [1.165, 1.54) is 0 Å². The monoisotopic (exact) mass is 306 g/mol. The van der Waals surface area contributed by atoms with E-state index in [4.69, 9.17) is 18.9 Å². The van der Waals surface area contributed by atoms with Crippen molar-refractivity contribution >= 4 is 0 Å². The number of hydrogen-bond donors (Lipinski definition) is 1. The average molecular weight is 306 g/mol. The molecule has 1 N–H and O–H groups in total. The van der Waals surface area contributed by atoms with Gasteiger partial charge in [-0.3, -0.25) is 0 Å². The van der Waals surface area contributed by atoms with Gasteiger partial charge in [0.1, 0.15) is 12.2 Å². The molecule has 5 heteroatoms. The van der Waals surface area contributed by atoms with Crippen molar-refractivity contribution in [1.29, 1.82) is 0 Å². The second kappa shape index (κ2) is 5.76. The van der Waals surface area contributed by atoms with Gasteiger partial charge >= 0.3 is 0 Å². The van der Waals surface area contributed by atoms with Gasteiger partial charge in [0.05, 0.1) is 13.2 Å². The Labute approximate surface area is 130 Å². The number of benzene rings is 1. The molecular weight excluding hydrogens is 284 g/mol. The molecule has 0 amide bonds. The second-order valence-corrected chi connectivity index (χ2v) is 6.10. The molecule has 0 radical (unpaired) electrons. The Morgan fingerprint density at radius 3 is 2.64 bits per heavy atom. The van der Waals surface area contributed by atoms with Crippen molar-refractivity contribution in [3.8, 4) is 0 Å². The Kier molecular flexibility index (Phi) is 4.09. The first-order chi connectivity index (χ1) is 10.5. The van der Waals surface area contributed by atoms with E-state index >= 15 is 0 Å². The fraction of sp³-hybridized carbons (Fsp3) is 0.529. The normalized spacial score (nSPS) is 36.2. The quantitative estimate of drug-likeness (QED) is 0.843. The Balaban J connectivity index is 1.83. The zero-order valence-corrected chi connectivity index (χ0v) is 12.9. The molecule has 3 rings (SSSR count). The summed E-state index contributed by atoms with van der Waals surface area (Å²) in [5, 5.41) is 10.0. The summed E-state index contributed by atoms with van der Waals surface area (Å²) in [5.41, 5.74) is -0.00416. The number of aliphatic hydroxyl groups is 1. The third kappa shape index (κ3) is 2.59. The van der Waals surface area contributed by atoms with Crippen LogP contribution in [0.4, 0.5) is 0 Å². The van der Waals surface area contributed by atoms with Crippen LogP contribution in [0.5, 0.6) is 0 Å². The SMILES string of the molecule is C=C[C@H]1OC2OC(C)(C)O[C@@H]2[C@]1(CO)OCc1ccccc1. The largest absolute Gasteiger partial charge is 0.393 e. The van der Waals surface area contributed by atoms with Crippen LogP contribution in [0, 0.1) is 0 Å². The lowest BCUT2D eigenvalue weighted by Crippen LogP contribution is -2.53. The maximum absolute atomic E-state index is 10.0. The predicted molar refractivity (Wildman–Crippen MR) is 79.9 cm³/mol. The Morgan fingerprint density at radius 1 is 1.27 bits per heavy atom. The van der Waals surface area contributed by atoms with E-state index < -0.39 is 29.9 Å². The second-order valence-electron chi connectivity index (χ2n) is 6.10. The molecule has 22 heavy (non-hydrogen) atoms. The lowest BCUT2D eigenvalue weighted by molar-refractivity contribution is -0.237. The zero-order chi connectivity index (χ0) is 15.8. The van der Waals surface area contributed by atoms with Crippen molar-refractivity contribution in [3.05, 3.63) is 48.6 Å². The van der Waals surface area contributed by atoms with Crippen molar-refractivity contribution in [2.75, 3.05) is 6.61 Å². The minimum atomic E-state index is -1.02. The number of ether oxygens (including phenoxy) is 4. The van der Waals surface area contributed by atoms with Crippen LogP contribution in [-0.4, -0.2) is 41.6 Å². The summed E-state index contributed by atoms with van der Waals surface area (Å²) >= 11 is 0. The van der Waals surface area contributed by atoms with E-state index in [1.807, 2.05) is 44.2 Å². The van der Waals surface area contributed by atoms with Crippen LogP contribution in [0.25, 0.3) is 0 Å². The van der Waals surface area contributed by atoms with E-state index in [0.29, 0.717) is 6.61 Å². The van der Waals surface area contributed by atoms with E-state index in [2.05, 4.69) is 6.58 Å². The molecule has 0 bridgehead atoms. The molecule has 2 aliphatic heterocycles. The van der Waals surface area contributed by atoms with Gasteiger partial charge in [-0.1, -0.05) is 36.4 Å². The van der Waals surface area contributed by atoms with Gasteiger partial charge in [-0.05, 0) is 19.4 Å². The Bertz CT molecular complexity index is 529. The molecule has 2 heterocycles. The molecule has 2 fully saturated rings. The molecule has 1 unspecified atom stereocenters. The van der Waals surface area contributed by atoms with Crippen LogP contribution < -0.4 is 0 Å². The molecule has 0 saturated carbocycles. The van der Waals surface area contributed by atoms with Crippen LogP contribution in [0.2, 0.25) is 0 Å². The van der Waals surface area contributed by atoms with Crippen LogP contribution in [-0.2, 0) is 25.6 Å². The first-order valence-electron chi connectivity index (χ1n) is 7.43. The van der Waals surface area contributed by atoms with Crippen molar-refractivity contribution in [3.63, 3.8) is 0 Å². The highest BCUT2D eigenvalue weighted by molar-refractivity contribution is 5.16. The van der Waals surface area contributed by atoms with Gasteiger partial charge in [0.25, 0.3) is 0 Å². The molecule has 0 spiro atoms. The molecule has 5 nitrogen and oxygen atoms in total. The fourth-order valence-corrected chi connectivity index (χ4v) is 3.02. The average Bonchev–Trinajstić information content (AvgIpc) is 2.96. The molecule has 2 saturated heterocycles. The molecule has 4 atom stereocenters. The van der Waals surface area contributed by atoms with Crippen LogP contribution in [0.15, 0.2) is 43.0 Å². The van der Waals surface area contributed by atoms with Gasteiger partial charge in [0.2, 0.25) is 0 Å². The number of hydrogen-bond acceptors (Lipinski definition) is 5. The molecule has 0 aliphatic carbocycles. The van der Waals surface area contributed by atoms with E-state index in [1.54, 1.807) is 6.08 Å². The van der Waals surface area contributed by atoms with Crippen LogP contribution >= 0.6 is 0 Å². The highest BCUT2D eigenvalue weighted by atomic mass is 16.8. The summed E-state index contributed by atoms with van der Waals surface area (Å²) in [7, 11) is 0. The summed E-state index contributed by atoms with van der Waals surface area (Å²) in [6.07, 6.45) is 0.0617. The van der Waals surface area contributed by atoms with Gasteiger partial charge in [0, 0.05) is 0 Å². The maximum Gasteiger partial charge on any atom is 0.191 e. The number of fused-ring (bicyclic) bond motifs is 1. The fourth-order valence-electron chi connectivity index (χ4n) is 3.02. The molecule has 1 aromatic rings. The van der Waals surface area contributed by atoms with Crippen LogP contribution in [0.1, 0.15) is 19.4 Å². The van der Waals surface area contributed by atoms with E-state index in [9.17, 15) is 5.11 Å². The molecule has 120 valence electrons.